The van der Waals surface area contributed by atoms with Gasteiger partial charge >= 0.3 is 0 Å². The van der Waals surface area contributed by atoms with Gasteiger partial charge in [0, 0.05) is 16.7 Å². The Bertz CT molecular complexity index is 1230. The van der Waals surface area contributed by atoms with E-state index in [2.05, 4.69) is 5.32 Å². The van der Waals surface area contributed by atoms with Crippen LogP contribution in [-0.2, 0) is 4.79 Å². The number of nitrogens with one attached hydrogen (secondary N) is 1. The molecule has 0 heterocycles. The van der Waals surface area contributed by atoms with Crippen LogP contribution in [0.4, 0.5) is 0 Å². The molecular formula is C26H23NO5. The van der Waals surface area contributed by atoms with Gasteiger partial charge in [0.05, 0.1) is 11.6 Å². The molecule has 2 atom stereocenters. The number of carbonyl (C=O) groups is 3. The third-order valence-electron chi connectivity index (χ3n) is 5.64. The number of aryl methyl sites for hydroxylation is 1. The number of ketones is 2. The number of amides is 1. The van der Waals surface area contributed by atoms with Gasteiger partial charge in [-0.1, -0.05) is 54.1 Å². The normalized spacial score (nSPS) is 14.2. The molecule has 0 radical (unpaired) electrons. The van der Waals surface area contributed by atoms with Crippen LogP contribution in [0.2, 0.25) is 0 Å². The van der Waals surface area contributed by atoms with E-state index in [-0.39, 0.29) is 40.2 Å². The second-order valence-corrected chi connectivity index (χ2v) is 7.94. The Balaban J connectivity index is 1.54. The molecule has 1 amide bonds. The van der Waals surface area contributed by atoms with Crippen molar-refractivity contribution in [3.63, 3.8) is 0 Å². The molecule has 1 aliphatic rings. The summed E-state index contributed by atoms with van der Waals surface area (Å²) in [4.78, 5) is 38.3. The summed E-state index contributed by atoms with van der Waals surface area (Å²) in [7, 11) is 0. The van der Waals surface area contributed by atoms with E-state index in [4.69, 9.17) is 4.74 Å². The van der Waals surface area contributed by atoms with Crippen LogP contribution in [0.5, 0.6) is 11.5 Å². The lowest BCUT2D eigenvalue weighted by atomic mass is 9.83. The Labute approximate surface area is 185 Å². The number of phenols is 1. The summed E-state index contributed by atoms with van der Waals surface area (Å²) in [6.07, 6.45) is -0.937. The van der Waals surface area contributed by atoms with Gasteiger partial charge in [0.25, 0.3) is 5.91 Å². The minimum atomic E-state index is -0.937. The van der Waals surface area contributed by atoms with Gasteiger partial charge in [-0.2, -0.15) is 0 Å². The van der Waals surface area contributed by atoms with Crippen LogP contribution in [-0.4, -0.2) is 28.7 Å². The first kappa shape index (κ1) is 21.3. The molecule has 0 aromatic heterocycles. The molecule has 0 saturated heterocycles. The van der Waals surface area contributed by atoms with Gasteiger partial charge in [0.15, 0.2) is 29.2 Å². The molecule has 3 aromatic rings. The second kappa shape index (κ2) is 8.30. The zero-order valence-electron chi connectivity index (χ0n) is 18.0. The monoisotopic (exact) mass is 429 g/mol. The fraction of sp³-hybridized carbons (Fsp3) is 0.192. The van der Waals surface area contributed by atoms with Gasteiger partial charge in [0.2, 0.25) is 0 Å². The fourth-order valence-electron chi connectivity index (χ4n) is 3.76. The minimum Gasteiger partial charge on any atom is -0.504 e. The van der Waals surface area contributed by atoms with Crippen molar-refractivity contribution in [3.05, 3.63) is 94.0 Å². The molecule has 0 bridgehead atoms. The Morgan fingerprint density at radius 1 is 0.875 bits per heavy atom. The van der Waals surface area contributed by atoms with Crippen molar-refractivity contribution in [2.24, 2.45) is 0 Å². The van der Waals surface area contributed by atoms with Crippen LogP contribution < -0.4 is 10.1 Å². The van der Waals surface area contributed by atoms with Crippen LogP contribution >= 0.6 is 0 Å². The molecule has 0 fully saturated rings. The fourth-order valence-corrected chi connectivity index (χ4v) is 3.76. The maximum Gasteiger partial charge on any atom is 0.261 e. The number of benzene rings is 3. The second-order valence-electron chi connectivity index (χ2n) is 7.94. The van der Waals surface area contributed by atoms with Crippen molar-refractivity contribution >= 4 is 17.5 Å². The molecule has 0 spiro atoms. The predicted octanol–water partition coefficient (Wildman–Crippen LogP) is 4.12. The Morgan fingerprint density at radius 3 is 2.16 bits per heavy atom. The van der Waals surface area contributed by atoms with Gasteiger partial charge in [0.1, 0.15) is 0 Å². The molecular weight excluding hydrogens is 406 g/mol. The molecule has 1 aliphatic carbocycles. The van der Waals surface area contributed by atoms with Crippen LogP contribution in [0, 0.1) is 6.92 Å². The van der Waals surface area contributed by atoms with E-state index in [1.165, 1.54) is 12.1 Å². The summed E-state index contributed by atoms with van der Waals surface area (Å²) in [5, 5.41) is 13.6. The van der Waals surface area contributed by atoms with Crippen molar-refractivity contribution in [1.29, 1.82) is 0 Å². The molecule has 0 aliphatic heterocycles. The van der Waals surface area contributed by atoms with Gasteiger partial charge < -0.3 is 15.2 Å². The third kappa shape index (κ3) is 3.75. The lowest BCUT2D eigenvalue weighted by molar-refractivity contribution is -0.127. The molecule has 0 saturated carbocycles. The molecule has 6 nitrogen and oxygen atoms in total. The topological polar surface area (TPSA) is 92.7 Å². The highest BCUT2D eigenvalue weighted by Crippen LogP contribution is 2.39. The minimum absolute atomic E-state index is 0.0325. The van der Waals surface area contributed by atoms with Gasteiger partial charge in [-0.25, -0.2) is 0 Å². The molecule has 4 rings (SSSR count). The number of hydrogen-bond donors (Lipinski definition) is 2. The van der Waals surface area contributed by atoms with Crippen LogP contribution in [0.25, 0.3) is 0 Å². The molecule has 32 heavy (non-hydrogen) atoms. The Morgan fingerprint density at radius 2 is 1.50 bits per heavy atom. The number of hydrogen-bond acceptors (Lipinski definition) is 5. The van der Waals surface area contributed by atoms with Gasteiger partial charge in [-0.05, 0) is 38.5 Å². The van der Waals surface area contributed by atoms with E-state index in [1.54, 1.807) is 31.2 Å². The Hall–Kier alpha value is -3.93. The van der Waals surface area contributed by atoms with E-state index in [0.717, 1.165) is 11.1 Å². The van der Waals surface area contributed by atoms with Crippen molar-refractivity contribution in [3.8, 4) is 11.5 Å². The van der Waals surface area contributed by atoms with Crippen molar-refractivity contribution in [2.45, 2.75) is 32.9 Å². The summed E-state index contributed by atoms with van der Waals surface area (Å²) in [6.45, 7) is 5.41. The number of phenolic OH excluding ortho intramolecular Hbond substituents is 1. The lowest BCUT2D eigenvalue weighted by Gasteiger charge is -2.22. The lowest BCUT2D eigenvalue weighted by Crippen LogP contribution is -2.37. The predicted molar refractivity (Wildman–Crippen MR) is 119 cm³/mol. The number of aromatic hydroxyl groups is 1. The number of carbonyl (C=O) groups excluding carboxylic acids is 3. The third-order valence-corrected chi connectivity index (χ3v) is 5.64. The number of rotatable bonds is 5. The van der Waals surface area contributed by atoms with E-state index in [0.29, 0.717) is 5.56 Å². The standard InChI is InChI=1S/C26H23NO5/c1-14-8-10-17(11-9-14)15(2)27-26(31)16(3)32-21-13-12-20-22(25(21)30)24(29)19-7-5-4-6-18(19)23(20)28/h4-13,15-16,30H,1-3H3,(H,27,31). The molecule has 2 unspecified atom stereocenters. The average Bonchev–Trinajstić information content (AvgIpc) is 2.79. The maximum absolute atomic E-state index is 12.9. The van der Waals surface area contributed by atoms with Crippen molar-refractivity contribution < 1.29 is 24.2 Å². The van der Waals surface area contributed by atoms with Crippen molar-refractivity contribution in [2.75, 3.05) is 0 Å². The molecule has 2 N–H and O–H groups in total. The maximum atomic E-state index is 12.9. The van der Waals surface area contributed by atoms with Crippen molar-refractivity contribution in [1.82, 2.24) is 5.32 Å². The first-order valence-electron chi connectivity index (χ1n) is 10.4. The highest BCUT2D eigenvalue weighted by molar-refractivity contribution is 6.29. The largest absolute Gasteiger partial charge is 0.504 e. The van der Waals surface area contributed by atoms with Crippen LogP contribution in [0.1, 0.15) is 62.9 Å². The smallest absolute Gasteiger partial charge is 0.261 e. The molecule has 3 aromatic carbocycles. The summed E-state index contributed by atoms with van der Waals surface area (Å²) < 4.78 is 5.67. The molecule has 6 heteroatoms. The highest BCUT2D eigenvalue weighted by atomic mass is 16.5. The number of fused-ring (bicyclic) bond motifs is 2. The highest BCUT2D eigenvalue weighted by Gasteiger charge is 2.33. The molecule has 162 valence electrons. The first-order chi connectivity index (χ1) is 15.3. The number of ether oxygens (including phenoxy) is 1. The van der Waals surface area contributed by atoms with Crippen LogP contribution in [0.15, 0.2) is 60.7 Å². The van der Waals surface area contributed by atoms with E-state index in [1.807, 2.05) is 38.1 Å². The zero-order valence-corrected chi connectivity index (χ0v) is 18.0. The van der Waals surface area contributed by atoms with E-state index < -0.39 is 17.6 Å². The van der Waals surface area contributed by atoms with Crippen LogP contribution in [0.3, 0.4) is 0 Å². The average molecular weight is 429 g/mol. The Kier molecular flexibility index (Phi) is 5.53. The van der Waals surface area contributed by atoms with Gasteiger partial charge in [-0.3, -0.25) is 14.4 Å². The van der Waals surface area contributed by atoms with E-state index in [9.17, 15) is 19.5 Å². The quantitative estimate of drug-likeness (QED) is 0.498. The SMILES string of the molecule is Cc1ccc(C(C)NC(=O)C(C)Oc2ccc3c(c2O)C(=O)c2ccccc2C3=O)cc1. The first-order valence-corrected chi connectivity index (χ1v) is 10.4. The summed E-state index contributed by atoms with van der Waals surface area (Å²) >= 11 is 0. The summed E-state index contributed by atoms with van der Waals surface area (Å²) in [6, 6.07) is 16.9. The van der Waals surface area contributed by atoms with Gasteiger partial charge in [-0.15, -0.1) is 0 Å². The van der Waals surface area contributed by atoms with E-state index >= 15 is 0 Å². The summed E-state index contributed by atoms with van der Waals surface area (Å²) in [5.74, 6) is -1.64. The zero-order chi connectivity index (χ0) is 23.0. The summed E-state index contributed by atoms with van der Waals surface area (Å²) in [5.41, 5.74) is 2.62.